The Bertz CT molecular complexity index is 988. The fraction of sp³-hybridized carbons (Fsp3) is 0.480. The van der Waals surface area contributed by atoms with Gasteiger partial charge < -0.3 is 5.32 Å². The van der Waals surface area contributed by atoms with Crippen molar-refractivity contribution in [2.24, 2.45) is 4.40 Å². The van der Waals surface area contributed by atoms with Crippen molar-refractivity contribution in [3.8, 4) is 0 Å². The summed E-state index contributed by atoms with van der Waals surface area (Å²) in [5.41, 5.74) is 4.48. The summed E-state index contributed by atoms with van der Waals surface area (Å²) in [6.45, 7) is 17.7. The first-order valence-corrected chi connectivity index (χ1v) is 15.0. The van der Waals surface area contributed by atoms with Crippen molar-refractivity contribution in [1.82, 2.24) is 0 Å². The summed E-state index contributed by atoms with van der Waals surface area (Å²) < 4.78 is 30.8. The van der Waals surface area contributed by atoms with Crippen LogP contribution in [0, 0.1) is 13.8 Å². The quantitative estimate of drug-likeness (QED) is 0.259. The Morgan fingerprint density at radius 1 is 0.871 bits per heavy atom. The molecule has 2 aromatic carbocycles. The van der Waals surface area contributed by atoms with E-state index in [0.29, 0.717) is 28.5 Å². The molecule has 2 rings (SSSR count). The number of anilines is 1. The molecule has 170 valence electrons. The minimum atomic E-state index is -3.81. The van der Waals surface area contributed by atoms with E-state index in [-0.39, 0.29) is 4.90 Å². The number of amidine groups is 1. The zero-order valence-electron chi connectivity index (χ0n) is 20.2. The molecule has 0 spiro atoms. The Labute approximate surface area is 190 Å². The van der Waals surface area contributed by atoms with E-state index >= 15 is 0 Å². The number of nitrogens with zero attached hydrogens (tertiary/aromatic N) is 1. The van der Waals surface area contributed by atoms with Crippen molar-refractivity contribution >= 4 is 29.6 Å². The molecule has 0 saturated heterocycles. The van der Waals surface area contributed by atoms with Gasteiger partial charge in [0.1, 0.15) is 5.84 Å². The van der Waals surface area contributed by atoms with Gasteiger partial charge in [-0.15, -0.1) is 4.40 Å². The number of hydrogen-bond donors (Lipinski definition) is 1. The molecule has 0 fully saturated rings. The van der Waals surface area contributed by atoms with Gasteiger partial charge in [-0.2, -0.15) is 8.42 Å². The molecular weight excluding hydrogens is 420 g/mol. The van der Waals surface area contributed by atoms with Crippen LogP contribution in [0.2, 0.25) is 22.7 Å². The zero-order chi connectivity index (χ0) is 23.4. The Balaban J connectivity index is 2.61. The molecule has 0 heterocycles. The lowest BCUT2D eigenvalue weighted by Gasteiger charge is -2.43. The van der Waals surface area contributed by atoms with Gasteiger partial charge in [0.15, 0.2) is 0 Å². The molecule has 0 saturated carbocycles. The first-order chi connectivity index (χ1) is 14.4. The molecule has 0 aliphatic carbocycles. The molecule has 0 aliphatic heterocycles. The van der Waals surface area contributed by atoms with E-state index in [2.05, 4.69) is 51.3 Å². The van der Waals surface area contributed by atoms with Crippen LogP contribution in [0.1, 0.15) is 52.7 Å². The second-order valence-electron chi connectivity index (χ2n) is 9.52. The van der Waals surface area contributed by atoms with E-state index in [1.807, 2.05) is 50.2 Å². The van der Waals surface area contributed by atoms with E-state index in [0.717, 1.165) is 16.8 Å². The summed E-state index contributed by atoms with van der Waals surface area (Å²) >= 11 is 0. The van der Waals surface area contributed by atoms with E-state index in [9.17, 15) is 8.42 Å². The van der Waals surface area contributed by atoms with Crippen LogP contribution in [0.25, 0.3) is 0 Å². The van der Waals surface area contributed by atoms with Crippen LogP contribution in [-0.4, -0.2) is 22.3 Å². The lowest BCUT2D eigenvalue weighted by Crippen LogP contribution is -2.47. The number of aryl methyl sites for hydroxylation is 2. The van der Waals surface area contributed by atoms with Crippen molar-refractivity contribution in [1.29, 1.82) is 0 Å². The van der Waals surface area contributed by atoms with Gasteiger partial charge in [0.2, 0.25) is 0 Å². The third-order valence-electron chi connectivity index (χ3n) is 6.67. The molecule has 1 N–H and O–H groups in total. The molecule has 4 nitrogen and oxygen atoms in total. The van der Waals surface area contributed by atoms with Crippen LogP contribution in [-0.2, 0) is 10.0 Å². The lowest BCUT2D eigenvalue weighted by atomic mass is 10.2. The predicted octanol–water partition coefficient (Wildman–Crippen LogP) is 7.18. The summed E-state index contributed by atoms with van der Waals surface area (Å²) in [4.78, 5) is 0.230. The second-order valence-corrected chi connectivity index (χ2v) is 17.2. The van der Waals surface area contributed by atoms with Gasteiger partial charge in [-0.1, -0.05) is 94.1 Å². The Morgan fingerprint density at radius 2 is 1.39 bits per heavy atom. The SMILES string of the molecule is Cc1ccc(S(=O)(=O)/N=C(\C[Si](C(C)C)(C(C)C)C(C)C)Nc2ccccc2C)cc1. The van der Waals surface area contributed by atoms with Gasteiger partial charge in [0.25, 0.3) is 10.0 Å². The molecular formula is C25H38N2O2SSi. The predicted molar refractivity (Wildman–Crippen MR) is 136 cm³/mol. The average molecular weight is 459 g/mol. The first-order valence-electron chi connectivity index (χ1n) is 11.1. The normalized spacial score (nSPS) is 13.3. The second kappa shape index (κ2) is 10.1. The van der Waals surface area contributed by atoms with Crippen LogP contribution >= 0.6 is 0 Å². The first kappa shape index (κ1) is 25.3. The van der Waals surface area contributed by atoms with Crippen molar-refractivity contribution < 1.29 is 8.42 Å². The van der Waals surface area contributed by atoms with Crippen LogP contribution < -0.4 is 5.32 Å². The van der Waals surface area contributed by atoms with E-state index in [1.54, 1.807) is 12.1 Å². The van der Waals surface area contributed by atoms with Crippen LogP contribution in [0.15, 0.2) is 57.8 Å². The molecule has 0 aromatic heterocycles. The summed E-state index contributed by atoms with van der Waals surface area (Å²) in [5, 5.41) is 3.41. The molecule has 31 heavy (non-hydrogen) atoms. The van der Waals surface area contributed by atoms with Gasteiger partial charge in [-0.25, -0.2) is 0 Å². The number of para-hydroxylation sites is 1. The average Bonchev–Trinajstić information content (AvgIpc) is 2.67. The topological polar surface area (TPSA) is 58.5 Å². The van der Waals surface area contributed by atoms with Gasteiger partial charge in [0.05, 0.1) is 13.0 Å². The maximum absolute atomic E-state index is 13.2. The zero-order valence-corrected chi connectivity index (χ0v) is 22.0. The standard InChI is InChI=1S/C25H38N2O2SSi/c1-18(2)31(19(3)4,20(5)6)17-25(26-24-12-10-9-11-22(24)8)27-30(28,29)23-15-13-21(7)14-16-23/h9-16,18-20H,17H2,1-8H3,(H,26,27). The number of nitrogens with one attached hydrogen (secondary N) is 1. The smallest absolute Gasteiger partial charge is 0.283 e. The minimum Gasteiger partial charge on any atom is -0.343 e. The summed E-state index contributed by atoms with van der Waals surface area (Å²) in [5.74, 6) is 0.553. The fourth-order valence-corrected chi connectivity index (χ4v) is 11.9. The maximum Gasteiger partial charge on any atom is 0.283 e. The van der Waals surface area contributed by atoms with Gasteiger partial charge in [0, 0.05) is 11.7 Å². The highest BCUT2D eigenvalue weighted by Crippen LogP contribution is 2.45. The molecule has 0 unspecified atom stereocenters. The molecule has 6 heteroatoms. The van der Waals surface area contributed by atoms with Gasteiger partial charge in [-0.3, -0.25) is 0 Å². The van der Waals surface area contributed by atoms with E-state index in [1.165, 1.54) is 0 Å². The Kier molecular flexibility index (Phi) is 8.28. The maximum atomic E-state index is 13.2. The van der Waals surface area contributed by atoms with Crippen molar-refractivity contribution in [2.75, 3.05) is 5.32 Å². The third kappa shape index (κ3) is 5.86. The summed E-state index contributed by atoms with van der Waals surface area (Å²) in [6.07, 6.45) is 0. The van der Waals surface area contributed by atoms with Crippen molar-refractivity contribution in [2.45, 2.75) is 83.0 Å². The van der Waals surface area contributed by atoms with Crippen LogP contribution in [0.3, 0.4) is 0 Å². The van der Waals surface area contributed by atoms with Crippen molar-refractivity contribution in [3.63, 3.8) is 0 Å². The molecule has 0 atom stereocenters. The monoisotopic (exact) mass is 458 g/mol. The third-order valence-corrected chi connectivity index (χ3v) is 15.4. The van der Waals surface area contributed by atoms with Crippen LogP contribution in [0.4, 0.5) is 5.69 Å². The molecule has 0 radical (unpaired) electrons. The number of benzene rings is 2. The Morgan fingerprint density at radius 3 is 1.87 bits per heavy atom. The molecule has 0 bridgehead atoms. The molecule has 0 amide bonds. The van der Waals surface area contributed by atoms with Gasteiger partial charge in [-0.05, 0) is 37.6 Å². The van der Waals surface area contributed by atoms with Crippen LogP contribution in [0.5, 0.6) is 0 Å². The fourth-order valence-electron chi connectivity index (χ4n) is 4.78. The molecule has 2 aromatic rings. The van der Waals surface area contributed by atoms with Crippen molar-refractivity contribution in [3.05, 3.63) is 59.7 Å². The minimum absolute atomic E-state index is 0.230. The Hall–Kier alpha value is -1.92. The highest BCUT2D eigenvalue weighted by atomic mass is 32.2. The summed E-state index contributed by atoms with van der Waals surface area (Å²) in [6, 6.07) is 15.5. The number of rotatable bonds is 8. The largest absolute Gasteiger partial charge is 0.343 e. The van der Waals surface area contributed by atoms with E-state index in [4.69, 9.17) is 0 Å². The summed E-state index contributed by atoms with van der Waals surface area (Å²) in [7, 11) is -5.74. The van der Waals surface area contributed by atoms with Gasteiger partial charge >= 0.3 is 0 Å². The number of sulfonamides is 1. The highest BCUT2D eigenvalue weighted by Gasteiger charge is 2.43. The lowest BCUT2D eigenvalue weighted by molar-refractivity contribution is 0.598. The highest BCUT2D eigenvalue weighted by molar-refractivity contribution is 7.90. The van der Waals surface area contributed by atoms with E-state index < -0.39 is 18.1 Å². The molecule has 0 aliphatic rings. The number of hydrogen-bond acceptors (Lipinski definition) is 2.